The molecule has 0 radical (unpaired) electrons. The van der Waals surface area contributed by atoms with Gasteiger partial charge in [0, 0.05) is 11.2 Å². The quantitative estimate of drug-likeness (QED) is 0.813. The lowest BCUT2D eigenvalue weighted by atomic mass is 10.2. The van der Waals surface area contributed by atoms with Crippen LogP contribution in [0.2, 0.25) is 5.02 Å². The molecule has 96 valence electrons. The third kappa shape index (κ3) is 3.86. The highest BCUT2D eigenvalue weighted by Crippen LogP contribution is 2.12. The average Bonchev–Trinajstić information content (AvgIpc) is 2.77. The molecule has 0 amide bonds. The van der Waals surface area contributed by atoms with Crippen molar-refractivity contribution in [2.75, 3.05) is 13.6 Å². The van der Waals surface area contributed by atoms with E-state index in [0.717, 1.165) is 31.0 Å². The Balaban J connectivity index is 1.94. The first-order valence-corrected chi connectivity index (χ1v) is 6.56. The molecular weight excluding hydrogens is 246 g/mol. The Morgan fingerprint density at radius 3 is 3.00 bits per heavy atom. The van der Waals surface area contributed by atoms with E-state index in [1.54, 1.807) is 0 Å². The van der Waals surface area contributed by atoms with Gasteiger partial charge < -0.3 is 5.32 Å². The molecule has 0 atom stereocenters. The summed E-state index contributed by atoms with van der Waals surface area (Å²) < 4.78 is 1.96. The van der Waals surface area contributed by atoms with Gasteiger partial charge in [0.15, 0.2) is 0 Å². The van der Waals surface area contributed by atoms with E-state index < -0.39 is 0 Å². The maximum atomic E-state index is 5.96. The highest BCUT2D eigenvalue weighted by Gasteiger charge is 2.00. The summed E-state index contributed by atoms with van der Waals surface area (Å²) in [6.45, 7) is 1.81. The molecule has 3 nitrogen and oxygen atoms in total. The minimum Gasteiger partial charge on any atom is -0.320 e. The Morgan fingerprint density at radius 2 is 2.22 bits per heavy atom. The summed E-state index contributed by atoms with van der Waals surface area (Å²) in [6, 6.07) is 7.89. The summed E-state index contributed by atoms with van der Waals surface area (Å²) in [5.41, 5.74) is 2.46. The van der Waals surface area contributed by atoms with Crippen molar-refractivity contribution in [2.24, 2.45) is 0 Å². The van der Waals surface area contributed by atoms with Crippen molar-refractivity contribution < 1.29 is 0 Å². The topological polar surface area (TPSA) is 29.9 Å². The Labute approximate surface area is 113 Å². The molecule has 0 saturated heterocycles. The second-order valence-electron chi connectivity index (χ2n) is 4.38. The van der Waals surface area contributed by atoms with Crippen LogP contribution in [0.1, 0.15) is 17.5 Å². The molecule has 1 N–H and O–H groups in total. The average molecular weight is 264 g/mol. The number of halogens is 1. The summed E-state index contributed by atoms with van der Waals surface area (Å²) in [5, 5.41) is 8.29. The lowest BCUT2D eigenvalue weighted by Gasteiger charge is -2.02. The van der Waals surface area contributed by atoms with Crippen LogP contribution in [0.3, 0.4) is 0 Å². The number of aromatic nitrogens is 2. The van der Waals surface area contributed by atoms with Crippen molar-refractivity contribution >= 4 is 11.6 Å². The maximum absolute atomic E-state index is 5.96. The van der Waals surface area contributed by atoms with Gasteiger partial charge >= 0.3 is 0 Å². The first-order valence-electron chi connectivity index (χ1n) is 6.18. The number of benzene rings is 1. The lowest BCUT2D eigenvalue weighted by Crippen LogP contribution is -2.08. The molecular formula is C14H18ClN3. The molecule has 4 heteroatoms. The van der Waals surface area contributed by atoms with E-state index in [-0.39, 0.29) is 0 Å². The van der Waals surface area contributed by atoms with Crippen LogP contribution in [-0.4, -0.2) is 23.4 Å². The molecule has 0 unspecified atom stereocenters. The number of aryl methyl sites for hydroxylation is 1. The molecule has 0 spiro atoms. The van der Waals surface area contributed by atoms with Crippen LogP contribution < -0.4 is 5.32 Å². The number of hydrogen-bond acceptors (Lipinski definition) is 2. The van der Waals surface area contributed by atoms with Crippen molar-refractivity contribution in [3.8, 4) is 0 Å². The summed E-state index contributed by atoms with van der Waals surface area (Å²) in [7, 11) is 1.97. The van der Waals surface area contributed by atoms with Gasteiger partial charge in [0.05, 0.1) is 12.7 Å². The van der Waals surface area contributed by atoms with Crippen molar-refractivity contribution in [3.63, 3.8) is 0 Å². The molecule has 0 saturated carbocycles. The van der Waals surface area contributed by atoms with Crippen molar-refractivity contribution in [2.45, 2.75) is 19.4 Å². The monoisotopic (exact) mass is 263 g/mol. The number of rotatable bonds is 6. The molecule has 0 fully saturated rings. The Hall–Kier alpha value is -1.32. The zero-order valence-electron chi connectivity index (χ0n) is 10.6. The summed E-state index contributed by atoms with van der Waals surface area (Å²) in [5.74, 6) is 0. The van der Waals surface area contributed by atoms with E-state index in [1.807, 2.05) is 36.1 Å². The van der Waals surface area contributed by atoms with Gasteiger partial charge in [0.1, 0.15) is 0 Å². The number of nitrogens with zero attached hydrogens (tertiary/aromatic N) is 2. The fourth-order valence-electron chi connectivity index (χ4n) is 1.91. The van der Waals surface area contributed by atoms with Gasteiger partial charge in [-0.2, -0.15) is 5.10 Å². The Morgan fingerprint density at radius 1 is 1.33 bits per heavy atom. The van der Waals surface area contributed by atoms with Gasteiger partial charge in [-0.25, -0.2) is 0 Å². The molecule has 0 aliphatic heterocycles. The van der Waals surface area contributed by atoms with E-state index in [0.29, 0.717) is 0 Å². The molecule has 1 aromatic carbocycles. The third-order valence-corrected chi connectivity index (χ3v) is 3.05. The van der Waals surface area contributed by atoms with Crippen LogP contribution >= 0.6 is 11.6 Å². The van der Waals surface area contributed by atoms with Gasteiger partial charge in [-0.05, 0) is 49.7 Å². The fraction of sp³-hybridized carbons (Fsp3) is 0.357. The van der Waals surface area contributed by atoms with Gasteiger partial charge in [-0.3, -0.25) is 4.68 Å². The first kappa shape index (κ1) is 13.1. The smallest absolute Gasteiger partial charge is 0.0659 e. The third-order valence-electron chi connectivity index (χ3n) is 2.81. The van der Waals surface area contributed by atoms with Crippen LogP contribution in [0.15, 0.2) is 36.7 Å². The minimum atomic E-state index is 0.770. The van der Waals surface area contributed by atoms with E-state index in [2.05, 4.69) is 22.7 Å². The van der Waals surface area contributed by atoms with E-state index in [1.165, 1.54) is 11.1 Å². The molecule has 18 heavy (non-hydrogen) atoms. The Bertz CT molecular complexity index is 493. The van der Waals surface area contributed by atoms with Crippen LogP contribution in [0.4, 0.5) is 0 Å². The van der Waals surface area contributed by atoms with Gasteiger partial charge in [-0.1, -0.05) is 23.7 Å². The highest BCUT2D eigenvalue weighted by molar-refractivity contribution is 6.30. The Kier molecular flexibility index (Phi) is 4.79. The van der Waals surface area contributed by atoms with Crippen LogP contribution in [-0.2, 0) is 13.0 Å². The molecule has 2 rings (SSSR count). The largest absolute Gasteiger partial charge is 0.320 e. The predicted molar refractivity (Wildman–Crippen MR) is 75.0 cm³/mol. The predicted octanol–water partition coefficient (Wildman–Crippen LogP) is 2.74. The van der Waals surface area contributed by atoms with E-state index >= 15 is 0 Å². The normalized spacial score (nSPS) is 10.8. The van der Waals surface area contributed by atoms with Crippen molar-refractivity contribution in [1.29, 1.82) is 0 Å². The highest BCUT2D eigenvalue weighted by atomic mass is 35.5. The number of hydrogen-bond donors (Lipinski definition) is 1. The van der Waals surface area contributed by atoms with E-state index in [4.69, 9.17) is 11.6 Å². The SMILES string of the molecule is CNCCCc1cnn(Cc2cccc(Cl)c2)c1. The first-order chi connectivity index (χ1) is 8.78. The van der Waals surface area contributed by atoms with Crippen LogP contribution in [0, 0.1) is 0 Å². The second kappa shape index (κ2) is 6.57. The zero-order valence-corrected chi connectivity index (χ0v) is 11.3. The summed E-state index contributed by atoms with van der Waals surface area (Å²) in [6.07, 6.45) is 6.26. The number of nitrogens with one attached hydrogen (secondary N) is 1. The summed E-state index contributed by atoms with van der Waals surface area (Å²) in [4.78, 5) is 0. The van der Waals surface area contributed by atoms with Crippen LogP contribution in [0.5, 0.6) is 0 Å². The zero-order chi connectivity index (χ0) is 12.8. The fourth-order valence-corrected chi connectivity index (χ4v) is 2.13. The van der Waals surface area contributed by atoms with Crippen LogP contribution in [0.25, 0.3) is 0 Å². The molecule has 1 heterocycles. The minimum absolute atomic E-state index is 0.770. The van der Waals surface area contributed by atoms with Crippen molar-refractivity contribution in [1.82, 2.24) is 15.1 Å². The lowest BCUT2D eigenvalue weighted by molar-refractivity contribution is 0.684. The van der Waals surface area contributed by atoms with Gasteiger partial charge in [0.25, 0.3) is 0 Å². The molecule has 0 aliphatic carbocycles. The second-order valence-corrected chi connectivity index (χ2v) is 4.82. The van der Waals surface area contributed by atoms with Gasteiger partial charge in [0.2, 0.25) is 0 Å². The van der Waals surface area contributed by atoms with Crippen molar-refractivity contribution in [3.05, 3.63) is 52.8 Å². The maximum Gasteiger partial charge on any atom is 0.0659 e. The summed E-state index contributed by atoms with van der Waals surface area (Å²) >= 11 is 5.96. The van der Waals surface area contributed by atoms with Gasteiger partial charge in [-0.15, -0.1) is 0 Å². The molecule has 0 bridgehead atoms. The standard InChI is InChI=1S/C14H18ClN3/c1-16-7-3-5-13-9-17-18(11-13)10-12-4-2-6-14(15)8-12/h2,4,6,8-9,11,16H,3,5,7,10H2,1H3. The molecule has 1 aromatic heterocycles. The molecule has 0 aliphatic rings. The molecule has 2 aromatic rings. The van der Waals surface area contributed by atoms with E-state index in [9.17, 15) is 0 Å².